The smallest absolute Gasteiger partial charge is 0.238 e. The molecule has 0 unspecified atom stereocenters. The van der Waals surface area contributed by atoms with E-state index in [1.807, 2.05) is 26.1 Å². The number of rotatable bonds is 7. The lowest BCUT2D eigenvalue weighted by atomic mass is 10.1. The van der Waals surface area contributed by atoms with Crippen LogP contribution in [0.25, 0.3) is 0 Å². The highest BCUT2D eigenvalue weighted by Gasteiger charge is 2.10. The van der Waals surface area contributed by atoms with Crippen molar-refractivity contribution in [2.75, 3.05) is 25.5 Å². The Kier molecular flexibility index (Phi) is 6.57. The number of likely N-dealkylation sites (N-methyl/N-ethyl adjacent to an activating group) is 1. The monoisotopic (exact) mass is 262 g/mol. The zero-order chi connectivity index (χ0) is 14.3. The van der Waals surface area contributed by atoms with Crippen molar-refractivity contribution in [3.63, 3.8) is 0 Å². The molecule has 106 valence electrons. The summed E-state index contributed by atoms with van der Waals surface area (Å²) in [5.41, 5.74) is 3.31. The van der Waals surface area contributed by atoms with Crippen LogP contribution in [-0.4, -0.2) is 30.9 Å². The summed E-state index contributed by atoms with van der Waals surface area (Å²) in [5, 5.41) is 3.06. The van der Waals surface area contributed by atoms with E-state index in [0.29, 0.717) is 6.54 Å². The minimum Gasteiger partial charge on any atom is -0.324 e. The number of amides is 1. The molecule has 0 aromatic heterocycles. The maximum atomic E-state index is 12.1. The van der Waals surface area contributed by atoms with Crippen LogP contribution in [0, 0.1) is 6.92 Å². The maximum Gasteiger partial charge on any atom is 0.238 e. The molecule has 3 nitrogen and oxygen atoms in total. The van der Waals surface area contributed by atoms with E-state index in [1.165, 1.54) is 5.56 Å². The van der Waals surface area contributed by atoms with Crippen molar-refractivity contribution in [2.45, 2.75) is 40.0 Å². The molecule has 0 atom stereocenters. The van der Waals surface area contributed by atoms with Gasteiger partial charge in [-0.25, -0.2) is 0 Å². The average Bonchev–Trinajstić information content (AvgIpc) is 2.38. The number of carbonyl (C=O) groups excluding carboxylic acids is 1. The molecule has 1 aromatic carbocycles. The molecule has 1 aromatic rings. The van der Waals surface area contributed by atoms with Crippen LogP contribution in [-0.2, 0) is 11.2 Å². The first-order valence-corrected chi connectivity index (χ1v) is 7.15. The number of benzene rings is 1. The van der Waals surface area contributed by atoms with E-state index in [0.717, 1.165) is 37.1 Å². The Labute approximate surface area is 117 Å². The van der Waals surface area contributed by atoms with Crippen LogP contribution in [0.2, 0.25) is 0 Å². The Morgan fingerprint density at radius 3 is 2.68 bits per heavy atom. The third kappa shape index (κ3) is 5.03. The summed E-state index contributed by atoms with van der Waals surface area (Å²) in [6.45, 7) is 7.73. The molecular weight excluding hydrogens is 236 g/mol. The molecule has 1 N–H and O–H groups in total. The van der Waals surface area contributed by atoms with E-state index >= 15 is 0 Å². The van der Waals surface area contributed by atoms with Crippen LogP contribution in [0.15, 0.2) is 18.2 Å². The predicted octanol–water partition coefficient (Wildman–Crippen LogP) is 3.23. The number of nitrogens with one attached hydrogen (secondary N) is 1. The molecule has 19 heavy (non-hydrogen) atoms. The molecule has 0 aliphatic rings. The van der Waals surface area contributed by atoms with Gasteiger partial charge in [0.15, 0.2) is 0 Å². The number of nitrogens with zero attached hydrogens (tertiary/aromatic N) is 1. The van der Waals surface area contributed by atoms with Gasteiger partial charge >= 0.3 is 0 Å². The molecule has 0 bridgehead atoms. The topological polar surface area (TPSA) is 32.3 Å². The summed E-state index contributed by atoms with van der Waals surface area (Å²) in [5.74, 6) is 0.0719. The highest BCUT2D eigenvalue weighted by molar-refractivity contribution is 5.93. The molecule has 0 aliphatic heterocycles. The number of aryl methyl sites for hydroxylation is 2. The minimum atomic E-state index is 0.0719. The van der Waals surface area contributed by atoms with Gasteiger partial charge in [0, 0.05) is 5.69 Å². The molecule has 1 amide bonds. The van der Waals surface area contributed by atoms with Gasteiger partial charge in [0.1, 0.15) is 0 Å². The standard InChI is InChI=1S/C16H26N2O/c1-5-7-11-18(4)12-15(19)17-16-13(3)9-8-10-14(16)6-2/h8-10H,5-7,11-12H2,1-4H3,(H,17,19). The zero-order valence-corrected chi connectivity index (χ0v) is 12.6. The first kappa shape index (κ1) is 15.7. The van der Waals surface area contributed by atoms with Gasteiger partial charge in [-0.2, -0.15) is 0 Å². The van der Waals surface area contributed by atoms with Crippen LogP contribution >= 0.6 is 0 Å². The minimum absolute atomic E-state index is 0.0719. The highest BCUT2D eigenvalue weighted by atomic mass is 16.2. The Morgan fingerprint density at radius 1 is 1.32 bits per heavy atom. The van der Waals surface area contributed by atoms with E-state index in [9.17, 15) is 4.79 Å². The van der Waals surface area contributed by atoms with Gasteiger partial charge in [0.25, 0.3) is 0 Å². The number of carbonyl (C=O) groups is 1. The quantitative estimate of drug-likeness (QED) is 0.818. The van der Waals surface area contributed by atoms with Crippen molar-refractivity contribution in [3.8, 4) is 0 Å². The average molecular weight is 262 g/mol. The fraction of sp³-hybridized carbons (Fsp3) is 0.562. The largest absolute Gasteiger partial charge is 0.324 e. The Bertz CT molecular complexity index is 415. The second kappa shape index (κ2) is 7.95. The lowest BCUT2D eigenvalue weighted by Crippen LogP contribution is -2.31. The first-order valence-electron chi connectivity index (χ1n) is 7.15. The first-order chi connectivity index (χ1) is 9.08. The lowest BCUT2D eigenvalue weighted by Gasteiger charge is -2.17. The number of para-hydroxylation sites is 1. The van der Waals surface area contributed by atoms with Crippen molar-refractivity contribution in [1.82, 2.24) is 4.90 Å². The summed E-state index contributed by atoms with van der Waals surface area (Å²) in [7, 11) is 1.99. The third-order valence-electron chi connectivity index (χ3n) is 3.31. The summed E-state index contributed by atoms with van der Waals surface area (Å²) < 4.78 is 0. The second-order valence-corrected chi connectivity index (χ2v) is 5.10. The fourth-order valence-electron chi connectivity index (χ4n) is 2.13. The van der Waals surface area contributed by atoms with Crippen molar-refractivity contribution >= 4 is 11.6 Å². The van der Waals surface area contributed by atoms with Gasteiger partial charge in [-0.15, -0.1) is 0 Å². The molecule has 0 aliphatic carbocycles. The fourth-order valence-corrected chi connectivity index (χ4v) is 2.13. The SMILES string of the molecule is CCCCN(C)CC(=O)Nc1c(C)cccc1CC. The molecule has 1 rings (SSSR count). The summed E-state index contributed by atoms with van der Waals surface area (Å²) in [6.07, 6.45) is 3.22. The molecule has 0 spiro atoms. The van der Waals surface area contributed by atoms with E-state index in [-0.39, 0.29) is 5.91 Å². The van der Waals surface area contributed by atoms with Crippen LogP contribution in [0.3, 0.4) is 0 Å². The molecule has 3 heteroatoms. The van der Waals surface area contributed by atoms with Gasteiger partial charge in [-0.1, -0.05) is 38.5 Å². The Morgan fingerprint density at radius 2 is 2.05 bits per heavy atom. The highest BCUT2D eigenvalue weighted by Crippen LogP contribution is 2.20. The van der Waals surface area contributed by atoms with Crippen LogP contribution in [0.1, 0.15) is 37.8 Å². The van der Waals surface area contributed by atoms with Crippen LogP contribution in [0.5, 0.6) is 0 Å². The molecule has 0 saturated carbocycles. The van der Waals surface area contributed by atoms with Gasteiger partial charge in [0.05, 0.1) is 6.54 Å². The van der Waals surface area contributed by atoms with Crippen molar-refractivity contribution in [3.05, 3.63) is 29.3 Å². The molecule has 0 heterocycles. The van der Waals surface area contributed by atoms with Gasteiger partial charge < -0.3 is 5.32 Å². The van der Waals surface area contributed by atoms with Crippen LogP contribution in [0.4, 0.5) is 5.69 Å². The van der Waals surface area contributed by atoms with Crippen molar-refractivity contribution in [2.24, 2.45) is 0 Å². The number of hydrogen-bond donors (Lipinski definition) is 1. The summed E-state index contributed by atoms with van der Waals surface area (Å²) in [4.78, 5) is 14.1. The summed E-state index contributed by atoms with van der Waals surface area (Å²) >= 11 is 0. The second-order valence-electron chi connectivity index (χ2n) is 5.10. The Hall–Kier alpha value is -1.35. The zero-order valence-electron chi connectivity index (χ0n) is 12.6. The van der Waals surface area contributed by atoms with Gasteiger partial charge in [-0.3, -0.25) is 9.69 Å². The van der Waals surface area contributed by atoms with E-state index < -0.39 is 0 Å². The molecule has 0 saturated heterocycles. The van der Waals surface area contributed by atoms with E-state index in [1.54, 1.807) is 0 Å². The van der Waals surface area contributed by atoms with Crippen molar-refractivity contribution in [1.29, 1.82) is 0 Å². The number of anilines is 1. The molecule has 0 radical (unpaired) electrons. The normalized spacial score (nSPS) is 10.8. The maximum absolute atomic E-state index is 12.1. The predicted molar refractivity (Wildman–Crippen MR) is 81.6 cm³/mol. The van der Waals surface area contributed by atoms with Gasteiger partial charge in [-0.05, 0) is 44.5 Å². The lowest BCUT2D eigenvalue weighted by molar-refractivity contribution is -0.117. The Balaban J connectivity index is 2.62. The van der Waals surface area contributed by atoms with Crippen molar-refractivity contribution < 1.29 is 4.79 Å². The van der Waals surface area contributed by atoms with Gasteiger partial charge in [0.2, 0.25) is 5.91 Å². The van der Waals surface area contributed by atoms with E-state index in [2.05, 4.69) is 30.1 Å². The van der Waals surface area contributed by atoms with E-state index in [4.69, 9.17) is 0 Å². The third-order valence-corrected chi connectivity index (χ3v) is 3.31. The number of unbranched alkanes of at least 4 members (excludes halogenated alkanes) is 1. The van der Waals surface area contributed by atoms with Crippen LogP contribution < -0.4 is 5.32 Å². The summed E-state index contributed by atoms with van der Waals surface area (Å²) in [6, 6.07) is 6.15. The molecular formula is C16H26N2O. The molecule has 0 fully saturated rings. The number of hydrogen-bond acceptors (Lipinski definition) is 2.